The molecule has 2 heteroatoms. The summed E-state index contributed by atoms with van der Waals surface area (Å²) in [5.41, 5.74) is 0. The number of rotatable bonds is 5. The highest BCUT2D eigenvalue weighted by Crippen LogP contribution is 2.11. The van der Waals surface area contributed by atoms with Crippen molar-refractivity contribution in [3.05, 3.63) is 0 Å². The van der Waals surface area contributed by atoms with Gasteiger partial charge in [0.2, 0.25) is 0 Å². The maximum atomic E-state index is 5.73. The minimum absolute atomic E-state index is 0.614. The van der Waals surface area contributed by atoms with Crippen molar-refractivity contribution in [3.8, 4) is 0 Å². The van der Waals surface area contributed by atoms with Crippen LogP contribution in [0.1, 0.15) is 53.9 Å². The lowest BCUT2D eigenvalue weighted by Crippen LogP contribution is -2.38. The van der Waals surface area contributed by atoms with Crippen LogP contribution in [0.2, 0.25) is 0 Å². The summed E-state index contributed by atoms with van der Waals surface area (Å²) in [4.78, 5) is 0. The van der Waals surface area contributed by atoms with E-state index in [4.69, 9.17) is 4.74 Å². The Morgan fingerprint density at radius 1 is 1.19 bits per heavy atom. The fourth-order valence-corrected chi connectivity index (χ4v) is 1.65. The molecule has 1 saturated heterocycles. The van der Waals surface area contributed by atoms with E-state index in [1.807, 2.05) is 13.8 Å². The molecule has 0 aromatic heterocycles. The zero-order chi connectivity index (χ0) is 12.4. The summed E-state index contributed by atoms with van der Waals surface area (Å²) < 4.78 is 5.73. The molecule has 0 saturated carbocycles. The second kappa shape index (κ2) is 10.1. The monoisotopic (exact) mass is 229 g/mol. The molecule has 0 amide bonds. The first-order valence-corrected chi connectivity index (χ1v) is 7.01. The third-order valence-corrected chi connectivity index (χ3v) is 3.25. The molecular formula is C14H31NO. The average Bonchev–Trinajstić information content (AvgIpc) is 2.33. The van der Waals surface area contributed by atoms with E-state index in [9.17, 15) is 0 Å². The molecule has 1 heterocycles. The maximum Gasteiger partial charge on any atom is 0.0619 e. The second-order valence-electron chi connectivity index (χ2n) is 4.91. The normalized spacial score (nSPS) is 22.5. The average molecular weight is 229 g/mol. The SMILES string of the molecule is CC.CC(C)C(C)COCC1CCCCN1. The fraction of sp³-hybridized carbons (Fsp3) is 1.00. The molecule has 0 aromatic carbocycles. The summed E-state index contributed by atoms with van der Waals surface area (Å²) in [6.07, 6.45) is 3.98. The van der Waals surface area contributed by atoms with E-state index in [-0.39, 0.29) is 0 Å². The number of hydrogen-bond acceptors (Lipinski definition) is 2. The Balaban J connectivity index is 0.00000106. The molecule has 2 atom stereocenters. The highest BCUT2D eigenvalue weighted by Gasteiger charge is 2.13. The highest BCUT2D eigenvalue weighted by molar-refractivity contribution is 4.71. The molecule has 98 valence electrons. The molecule has 1 aliphatic rings. The summed E-state index contributed by atoms with van der Waals surface area (Å²) in [6.45, 7) is 13.8. The first-order chi connectivity index (χ1) is 7.70. The lowest BCUT2D eigenvalue weighted by molar-refractivity contribution is 0.0677. The molecule has 2 nitrogen and oxygen atoms in total. The zero-order valence-electron chi connectivity index (χ0n) is 11.9. The lowest BCUT2D eigenvalue weighted by atomic mass is 9.99. The van der Waals surface area contributed by atoms with Gasteiger partial charge in [0.15, 0.2) is 0 Å². The summed E-state index contributed by atoms with van der Waals surface area (Å²) in [5, 5.41) is 3.50. The zero-order valence-corrected chi connectivity index (χ0v) is 11.9. The van der Waals surface area contributed by atoms with Crippen molar-refractivity contribution in [2.24, 2.45) is 11.8 Å². The van der Waals surface area contributed by atoms with Crippen molar-refractivity contribution in [3.63, 3.8) is 0 Å². The minimum atomic E-state index is 0.614. The first kappa shape index (κ1) is 15.9. The Kier molecular flexibility index (Phi) is 10.0. The van der Waals surface area contributed by atoms with Crippen LogP contribution >= 0.6 is 0 Å². The van der Waals surface area contributed by atoms with E-state index in [0.29, 0.717) is 12.0 Å². The summed E-state index contributed by atoms with van der Waals surface area (Å²) in [6, 6.07) is 0.614. The fourth-order valence-electron chi connectivity index (χ4n) is 1.65. The van der Waals surface area contributed by atoms with Crippen LogP contribution in [0.15, 0.2) is 0 Å². The molecule has 0 bridgehead atoms. The van der Waals surface area contributed by atoms with Crippen molar-refractivity contribution >= 4 is 0 Å². The standard InChI is InChI=1S/C12H25NO.C2H6/c1-10(2)11(3)8-14-9-12-6-4-5-7-13-12;1-2/h10-13H,4-9H2,1-3H3;1-2H3. The predicted molar refractivity (Wildman–Crippen MR) is 71.8 cm³/mol. The van der Waals surface area contributed by atoms with E-state index in [0.717, 1.165) is 19.1 Å². The Bertz CT molecular complexity index is 142. The molecule has 1 aliphatic heterocycles. The van der Waals surface area contributed by atoms with E-state index in [2.05, 4.69) is 26.1 Å². The second-order valence-corrected chi connectivity index (χ2v) is 4.91. The topological polar surface area (TPSA) is 21.3 Å². The van der Waals surface area contributed by atoms with Crippen LogP contribution in [0.3, 0.4) is 0 Å². The van der Waals surface area contributed by atoms with E-state index >= 15 is 0 Å². The Morgan fingerprint density at radius 3 is 2.38 bits per heavy atom. The van der Waals surface area contributed by atoms with Gasteiger partial charge in [-0.3, -0.25) is 0 Å². The van der Waals surface area contributed by atoms with Gasteiger partial charge in [0.1, 0.15) is 0 Å². The molecular weight excluding hydrogens is 198 g/mol. The molecule has 0 radical (unpaired) electrons. The van der Waals surface area contributed by atoms with Crippen LogP contribution in [0.25, 0.3) is 0 Å². The number of hydrogen-bond donors (Lipinski definition) is 1. The molecule has 1 rings (SSSR count). The van der Waals surface area contributed by atoms with Crippen molar-refractivity contribution in [2.75, 3.05) is 19.8 Å². The minimum Gasteiger partial charge on any atom is -0.380 e. The number of nitrogens with one attached hydrogen (secondary N) is 1. The molecule has 2 unspecified atom stereocenters. The van der Waals surface area contributed by atoms with Crippen molar-refractivity contribution < 1.29 is 4.74 Å². The third kappa shape index (κ3) is 7.24. The Labute approximate surface area is 102 Å². The van der Waals surface area contributed by atoms with Gasteiger partial charge in [0.05, 0.1) is 6.61 Å². The quantitative estimate of drug-likeness (QED) is 0.779. The van der Waals surface area contributed by atoms with Gasteiger partial charge in [-0.2, -0.15) is 0 Å². The first-order valence-electron chi connectivity index (χ1n) is 7.01. The third-order valence-electron chi connectivity index (χ3n) is 3.25. The Morgan fingerprint density at radius 2 is 1.88 bits per heavy atom. The summed E-state index contributed by atoms with van der Waals surface area (Å²) >= 11 is 0. The van der Waals surface area contributed by atoms with Crippen LogP contribution in [-0.2, 0) is 4.74 Å². The smallest absolute Gasteiger partial charge is 0.0619 e. The van der Waals surface area contributed by atoms with Gasteiger partial charge in [-0.25, -0.2) is 0 Å². The highest BCUT2D eigenvalue weighted by atomic mass is 16.5. The van der Waals surface area contributed by atoms with Crippen LogP contribution < -0.4 is 5.32 Å². The van der Waals surface area contributed by atoms with Crippen molar-refractivity contribution in [1.82, 2.24) is 5.32 Å². The predicted octanol–water partition coefficient (Wildman–Crippen LogP) is 3.46. The van der Waals surface area contributed by atoms with Crippen LogP contribution in [0.4, 0.5) is 0 Å². The Hall–Kier alpha value is -0.0800. The van der Waals surface area contributed by atoms with Crippen molar-refractivity contribution in [2.45, 2.75) is 59.9 Å². The van der Waals surface area contributed by atoms with Gasteiger partial charge < -0.3 is 10.1 Å². The molecule has 1 fully saturated rings. The summed E-state index contributed by atoms with van der Waals surface area (Å²) in [5.74, 6) is 1.41. The van der Waals surface area contributed by atoms with Gasteiger partial charge in [-0.1, -0.05) is 41.0 Å². The van der Waals surface area contributed by atoms with E-state index < -0.39 is 0 Å². The van der Waals surface area contributed by atoms with E-state index in [1.165, 1.54) is 25.8 Å². The van der Waals surface area contributed by atoms with Gasteiger partial charge in [0, 0.05) is 12.6 Å². The lowest BCUT2D eigenvalue weighted by Gasteiger charge is -2.24. The summed E-state index contributed by atoms with van der Waals surface area (Å²) in [7, 11) is 0. The van der Waals surface area contributed by atoms with Gasteiger partial charge in [0.25, 0.3) is 0 Å². The number of ether oxygens (including phenoxy) is 1. The molecule has 16 heavy (non-hydrogen) atoms. The largest absolute Gasteiger partial charge is 0.380 e. The van der Waals surface area contributed by atoms with Gasteiger partial charge >= 0.3 is 0 Å². The van der Waals surface area contributed by atoms with E-state index in [1.54, 1.807) is 0 Å². The molecule has 0 aromatic rings. The van der Waals surface area contributed by atoms with Crippen LogP contribution in [0, 0.1) is 11.8 Å². The van der Waals surface area contributed by atoms with Crippen LogP contribution in [-0.4, -0.2) is 25.8 Å². The van der Waals surface area contributed by atoms with Crippen molar-refractivity contribution in [1.29, 1.82) is 0 Å². The van der Waals surface area contributed by atoms with Gasteiger partial charge in [-0.15, -0.1) is 0 Å². The van der Waals surface area contributed by atoms with Gasteiger partial charge in [-0.05, 0) is 31.2 Å². The maximum absolute atomic E-state index is 5.73. The number of piperidine rings is 1. The molecule has 0 aliphatic carbocycles. The molecule has 1 N–H and O–H groups in total. The van der Waals surface area contributed by atoms with Crippen LogP contribution in [0.5, 0.6) is 0 Å². The molecule has 0 spiro atoms.